The molecule has 0 saturated heterocycles. The average Bonchev–Trinajstić information content (AvgIpc) is 2.97. The molecule has 2 aromatic rings. The standard InChI is InChI=1S/C14H18N4O3.ClH/c1-9(16-12(19)8-15-2)14-17-13(18-21-14)10-5-4-6-11(7-10)20-3;/h4-7,9,15H,8H2,1-3H3,(H,16,19);1H. The fourth-order valence-corrected chi connectivity index (χ4v) is 1.81. The van der Waals surface area contributed by atoms with Crippen LogP contribution in [0.1, 0.15) is 18.9 Å². The van der Waals surface area contributed by atoms with Gasteiger partial charge in [0, 0.05) is 5.56 Å². The Morgan fingerprint density at radius 2 is 2.23 bits per heavy atom. The second kappa shape index (κ2) is 8.35. The van der Waals surface area contributed by atoms with Crippen molar-refractivity contribution in [3.8, 4) is 17.1 Å². The molecular formula is C14H19ClN4O3. The fraction of sp³-hybridized carbons (Fsp3) is 0.357. The maximum Gasteiger partial charge on any atom is 0.249 e. The van der Waals surface area contributed by atoms with Crippen LogP contribution in [0.15, 0.2) is 28.8 Å². The molecule has 0 aliphatic heterocycles. The normalized spacial score (nSPS) is 11.4. The zero-order valence-electron chi connectivity index (χ0n) is 12.6. The Balaban J connectivity index is 0.00000242. The number of ether oxygens (including phenoxy) is 1. The van der Waals surface area contributed by atoms with Crippen LogP contribution in [0, 0.1) is 0 Å². The van der Waals surface area contributed by atoms with Crippen molar-refractivity contribution >= 4 is 18.3 Å². The van der Waals surface area contributed by atoms with E-state index in [0.29, 0.717) is 17.5 Å². The van der Waals surface area contributed by atoms with E-state index in [1.807, 2.05) is 24.3 Å². The van der Waals surface area contributed by atoms with Crippen LogP contribution in [0.5, 0.6) is 5.75 Å². The van der Waals surface area contributed by atoms with Crippen LogP contribution in [-0.2, 0) is 4.79 Å². The summed E-state index contributed by atoms with van der Waals surface area (Å²) in [6.07, 6.45) is 0. The highest BCUT2D eigenvalue weighted by molar-refractivity contribution is 5.85. The number of benzene rings is 1. The number of nitrogens with zero attached hydrogens (tertiary/aromatic N) is 2. The van der Waals surface area contributed by atoms with Crippen LogP contribution in [-0.4, -0.2) is 36.8 Å². The molecular weight excluding hydrogens is 308 g/mol. The van der Waals surface area contributed by atoms with E-state index in [-0.39, 0.29) is 30.9 Å². The molecule has 1 atom stereocenters. The van der Waals surface area contributed by atoms with Crippen LogP contribution in [0.4, 0.5) is 0 Å². The number of aromatic nitrogens is 2. The van der Waals surface area contributed by atoms with Crippen LogP contribution in [0.25, 0.3) is 11.4 Å². The smallest absolute Gasteiger partial charge is 0.249 e. The van der Waals surface area contributed by atoms with Gasteiger partial charge in [-0.25, -0.2) is 0 Å². The van der Waals surface area contributed by atoms with Crippen molar-refractivity contribution in [3.63, 3.8) is 0 Å². The van der Waals surface area contributed by atoms with Gasteiger partial charge in [-0.05, 0) is 26.1 Å². The van der Waals surface area contributed by atoms with Gasteiger partial charge in [0.15, 0.2) is 0 Å². The number of methoxy groups -OCH3 is 1. The number of likely N-dealkylation sites (N-methyl/N-ethyl adjacent to an activating group) is 1. The van der Waals surface area contributed by atoms with Gasteiger partial charge in [0.25, 0.3) is 0 Å². The summed E-state index contributed by atoms with van der Waals surface area (Å²) in [5.74, 6) is 1.40. The fourth-order valence-electron chi connectivity index (χ4n) is 1.81. The maximum absolute atomic E-state index is 11.5. The lowest BCUT2D eigenvalue weighted by atomic mass is 10.2. The van der Waals surface area contributed by atoms with E-state index < -0.39 is 0 Å². The summed E-state index contributed by atoms with van der Waals surface area (Å²) in [6, 6.07) is 7.02. The van der Waals surface area contributed by atoms with E-state index in [2.05, 4.69) is 20.8 Å². The molecule has 2 N–H and O–H groups in total. The lowest BCUT2D eigenvalue weighted by Gasteiger charge is -2.08. The number of hydrogen-bond donors (Lipinski definition) is 2. The molecule has 0 saturated carbocycles. The first-order valence-electron chi connectivity index (χ1n) is 6.56. The Bertz CT molecular complexity index is 618. The second-order valence-electron chi connectivity index (χ2n) is 4.51. The van der Waals surface area contributed by atoms with Crippen LogP contribution in [0.3, 0.4) is 0 Å². The summed E-state index contributed by atoms with van der Waals surface area (Å²) in [5, 5.41) is 9.47. The van der Waals surface area contributed by atoms with E-state index in [9.17, 15) is 4.79 Å². The molecule has 0 fully saturated rings. The number of carbonyl (C=O) groups is 1. The van der Waals surface area contributed by atoms with Gasteiger partial charge < -0.3 is 19.9 Å². The molecule has 22 heavy (non-hydrogen) atoms. The third kappa shape index (κ3) is 4.44. The lowest BCUT2D eigenvalue weighted by Crippen LogP contribution is -2.34. The third-order valence-corrected chi connectivity index (χ3v) is 2.85. The molecule has 8 heteroatoms. The third-order valence-electron chi connectivity index (χ3n) is 2.85. The Morgan fingerprint density at radius 3 is 2.91 bits per heavy atom. The molecule has 1 aromatic carbocycles. The largest absolute Gasteiger partial charge is 0.497 e. The highest BCUT2D eigenvalue weighted by Crippen LogP contribution is 2.22. The average molecular weight is 327 g/mol. The number of carbonyl (C=O) groups excluding carboxylic acids is 1. The summed E-state index contributed by atoms with van der Waals surface area (Å²) in [4.78, 5) is 15.8. The van der Waals surface area contributed by atoms with Gasteiger partial charge in [0.05, 0.1) is 13.7 Å². The Morgan fingerprint density at radius 1 is 1.45 bits per heavy atom. The van der Waals surface area contributed by atoms with Gasteiger partial charge in [0.1, 0.15) is 11.8 Å². The van der Waals surface area contributed by atoms with Crippen LogP contribution >= 0.6 is 12.4 Å². The van der Waals surface area contributed by atoms with Gasteiger partial charge in [-0.3, -0.25) is 4.79 Å². The number of halogens is 1. The summed E-state index contributed by atoms with van der Waals surface area (Å²) in [6.45, 7) is 2.03. The Hall–Kier alpha value is -2.12. The number of nitrogens with one attached hydrogen (secondary N) is 2. The molecule has 0 aliphatic carbocycles. The summed E-state index contributed by atoms with van der Waals surface area (Å²) < 4.78 is 10.4. The minimum atomic E-state index is -0.349. The molecule has 1 amide bonds. The van der Waals surface area contributed by atoms with Gasteiger partial charge in [-0.15, -0.1) is 12.4 Å². The van der Waals surface area contributed by atoms with Crippen molar-refractivity contribution in [2.45, 2.75) is 13.0 Å². The SMILES string of the molecule is CNCC(=O)NC(C)c1nc(-c2cccc(OC)c2)no1.Cl. The monoisotopic (exact) mass is 326 g/mol. The van der Waals surface area contributed by atoms with E-state index >= 15 is 0 Å². The topological polar surface area (TPSA) is 89.3 Å². The van der Waals surface area contributed by atoms with E-state index in [4.69, 9.17) is 9.26 Å². The maximum atomic E-state index is 11.5. The second-order valence-corrected chi connectivity index (χ2v) is 4.51. The van der Waals surface area contributed by atoms with Gasteiger partial charge in [-0.1, -0.05) is 17.3 Å². The first-order chi connectivity index (χ1) is 10.1. The molecule has 1 heterocycles. The number of amides is 1. The van der Waals surface area contributed by atoms with Crippen molar-refractivity contribution < 1.29 is 14.1 Å². The minimum Gasteiger partial charge on any atom is -0.497 e. The first-order valence-corrected chi connectivity index (χ1v) is 6.56. The van der Waals surface area contributed by atoms with E-state index in [1.54, 1.807) is 21.1 Å². The Kier molecular flexibility index (Phi) is 6.81. The van der Waals surface area contributed by atoms with Crippen molar-refractivity contribution in [2.75, 3.05) is 20.7 Å². The van der Waals surface area contributed by atoms with Crippen molar-refractivity contribution in [2.24, 2.45) is 0 Å². The highest BCUT2D eigenvalue weighted by Gasteiger charge is 2.17. The highest BCUT2D eigenvalue weighted by atomic mass is 35.5. The van der Waals surface area contributed by atoms with Crippen LogP contribution in [0.2, 0.25) is 0 Å². The van der Waals surface area contributed by atoms with Gasteiger partial charge in [-0.2, -0.15) is 4.98 Å². The predicted octanol–water partition coefficient (Wildman–Crippen LogP) is 1.56. The predicted molar refractivity (Wildman–Crippen MR) is 84.0 cm³/mol. The molecule has 0 spiro atoms. The van der Waals surface area contributed by atoms with Gasteiger partial charge in [0.2, 0.25) is 17.6 Å². The zero-order valence-corrected chi connectivity index (χ0v) is 13.4. The van der Waals surface area contributed by atoms with Crippen molar-refractivity contribution in [1.82, 2.24) is 20.8 Å². The summed E-state index contributed by atoms with van der Waals surface area (Å²) >= 11 is 0. The molecule has 120 valence electrons. The number of hydrogen-bond acceptors (Lipinski definition) is 6. The first kappa shape index (κ1) is 17.9. The van der Waals surface area contributed by atoms with E-state index in [1.165, 1.54) is 0 Å². The number of rotatable bonds is 6. The molecule has 1 unspecified atom stereocenters. The molecule has 1 aromatic heterocycles. The van der Waals surface area contributed by atoms with E-state index in [0.717, 1.165) is 5.56 Å². The van der Waals surface area contributed by atoms with Crippen molar-refractivity contribution in [1.29, 1.82) is 0 Å². The Labute approximate surface area is 134 Å². The van der Waals surface area contributed by atoms with Gasteiger partial charge >= 0.3 is 0 Å². The van der Waals surface area contributed by atoms with Crippen LogP contribution < -0.4 is 15.4 Å². The lowest BCUT2D eigenvalue weighted by molar-refractivity contribution is -0.120. The quantitative estimate of drug-likeness (QED) is 0.837. The molecule has 7 nitrogen and oxygen atoms in total. The molecule has 0 bridgehead atoms. The zero-order chi connectivity index (χ0) is 15.2. The molecule has 2 rings (SSSR count). The molecule has 0 aliphatic rings. The molecule has 0 radical (unpaired) electrons. The van der Waals surface area contributed by atoms with Crippen molar-refractivity contribution in [3.05, 3.63) is 30.2 Å². The minimum absolute atomic E-state index is 0. The summed E-state index contributed by atoms with van der Waals surface area (Å²) in [7, 11) is 3.30. The summed E-state index contributed by atoms with van der Waals surface area (Å²) in [5.41, 5.74) is 0.790.